The summed E-state index contributed by atoms with van der Waals surface area (Å²) in [6.07, 6.45) is 10.8. The third kappa shape index (κ3) is 3.72. The summed E-state index contributed by atoms with van der Waals surface area (Å²) in [4.78, 5) is 12.1. The second-order valence-corrected chi connectivity index (χ2v) is 4.94. The molecule has 0 unspecified atom stereocenters. The van der Waals surface area contributed by atoms with E-state index in [4.69, 9.17) is 0 Å². The number of hydrogen-bond donors (Lipinski definition) is 0. The number of nitrogens with zero attached hydrogens (tertiary/aromatic N) is 2. The second kappa shape index (κ2) is 7.82. The fourth-order valence-corrected chi connectivity index (χ4v) is 2.42. The highest BCUT2D eigenvalue weighted by Crippen LogP contribution is 2.12. The molecule has 0 radical (unpaired) electrons. The Labute approximate surface area is 116 Å². The summed E-state index contributed by atoms with van der Waals surface area (Å²) in [5.74, 6) is 0. The molecule has 1 aromatic heterocycles. The van der Waals surface area contributed by atoms with Crippen LogP contribution in [0.1, 0.15) is 56.8 Å². The van der Waals surface area contributed by atoms with Crippen LogP contribution in [0.5, 0.6) is 0 Å². The molecule has 0 amide bonds. The summed E-state index contributed by atoms with van der Waals surface area (Å²) < 4.78 is 3.45. The molecule has 0 atom stereocenters. The lowest BCUT2D eigenvalue weighted by atomic mass is 10.1. The summed E-state index contributed by atoms with van der Waals surface area (Å²) in [7, 11) is 1.78. The first-order chi connectivity index (χ1) is 9.17. The van der Waals surface area contributed by atoms with E-state index in [-0.39, 0.29) is 5.69 Å². The van der Waals surface area contributed by atoms with Gasteiger partial charge in [-0.05, 0) is 18.6 Å². The number of aromatic nitrogens is 2. The maximum Gasteiger partial charge on any atom is 0.328 e. The summed E-state index contributed by atoms with van der Waals surface area (Å²) in [5, 5.41) is 0. The molecular formula is C16H26N2O. The van der Waals surface area contributed by atoms with Crippen molar-refractivity contribution in [1.82, 2.24) is 9.13 Å². The highest BCUT2D eigenvalue weighted by molar-refractivity contribution is 5.58. The molecule has 1 aromatic rings. The lowest BCUT2D eigenvalue weighted by molar-refractivity contribution is 0.544. The van der Waals surface area contributed by atoms with Crippen LogP contribution in [-0.4, -0.2) is 9.13 Å². The van der Waals surface area contributed by atoms with E-state index < -0.39 is 0 Å². The van der Waals surface area contributed by atoms with Crippen LogP contribution in [0.2, 0.25) is 0 Å². The standard InChI is InChI=1S/C16H26N2O/c1-5-8-9-10-11-12-13-18-15(7-3)14(6-2)17(4)16(18)19/h6-7H,2-3,5,8-13H2,1,4H3. The molecule has 0 aromatic carbocycles. The van der Waals surface area contributed by atoms with Crippen LogP contribution < -0.4 is 5.69 Å². The Hall–Kier alpha value is -1.51. The van der Waals surface area contributed by atoms with Crippen molar-refractivity contribution >= 4 is 12.2 Å². The molecular weight excluding hydrogens is 236 g/mol. The van der Waals surface area contributed by atoms with Crippen LogP contribution in [0.4, 0.5) is 0 Å². The van der Waals surface area contributed by atoms with Crippen molar-refractivity contribution in [3.63, 3.8) is 0 Å². The van der Waals surface area contributed by atoms with Gasteiger partial charge in [0.05, 0.1) is 11.4 Å². The van der Waals surface area contributed by atoms with Crippen molar-refractivity contribution in [3.05, 3.63) is 35.0 Å². The van der Waals surface area contributed by atoms with Gasteiger partial charge >= 0.3 is 5.69 Å². The predicted molar refractivity (Wildman–Crippen MR) is 83.2 cm³/mol. The molecule has 0 saturated carbocycles. The summed E-state index contributed by atoms with van der Waals surface area (Å²) in [6, 6.07) is 0. The van der Waals surface area contributed by atoms with Crippen LogP contribution in [0.25, 0.3) is 12.2 Å². The third-order valence-corrected chi connectivity index (χ3v) is 3.55. The predicted octanol–water partition coefficient (Wildman–Crippen LogP) is 3.83. The first-order valence-electron chi connectivity index (χ1n) is 7.21. The Morgan fingerprint density at radius 3 is 2.16 bits per heavy atom. The van der Waals surface area contributed by atoms with Crippen molar-refractivity contribution in [2.75, 3.05) is 0 Å². The van der Waals surface area contributed by atoms with Gasteiger partial charge in [0.25, 0.3) is 0 Å². The monoisotopic (exact) mass is 262 g/mol. The van der Waals surface area contributed by atoms with E-state index in [2.05, 4.69) is 20.1 Å². The third-order valence-electron chi connectivity index (χ3n) is 3.55. The van der Waals surface area contributed by atoms with Crippen molar-refractivity contribution in [2.45, 2.75) is 52.0 Å². The van der Waals surface area contributed by atoms with E-state index in [1.165, 1.54) is 32.1 Å². The fourth-order valence-electron chi connectivity index (χ4n) is 2.42. The maximum atomic E-state index is 12.1. The average molecular weight is 262 g/mol. The molecule has 1 rings (SSSR count). The first-order valence-corrected chi connectivity index (χ1v) is 7.21. The summed E-state index contributed by atoms with van der Waals surface area (Å²) in [5.41, 5.74) is 1.76. The molecule has 0 aliphatic rings. The van der Waals surface area contributed by atoms with Crippen molar-refractivity contribution in [3.8, 4) is 0 Å². The van der Waals surface area contributed by atoms with Gasteiger partial charge in [-0.15, -0.1) is 0 Å². The lowest BCUT2D eigenvalue weighted by Crippen LogP contribution is -2.23. The van der Waals surface area contributed by atoms with Gasteiger partial charge in [0.1, 0.15) is 0 Å². The topological polar surface area (TPSA) is 26.9 Å². The van der Waals surface area contributed by atoms with E-state index in [1.807, 2.05) is 4.57 Å². The average Bonchev–Trinajstić information content (AvgIpc) is 2.65. The molecule has 0 aliphatic carbocycles. The van der Waals surface area contributed by atoms with Gasteiger partial charge in [-0.1, -0.05) is 52.2 Å². The molecule has 0 bridgehead atoms. The zero-order valence-corrected chi connectivity index (χ0v) is 12.3. The van der Waals surface area contributed by atoms with Crippen molar-refractivity contribution in [2.24, 2.45) is 7.05 Å². The van der Waals surface area contributed by atoms with Gasteiger partial charge in [0.15, 0.2) is 0 Å². The molecule has 0 saturated heterocycles. The zero-order chi connectivity index (χ0) is 14.3. The minimum atomic E-state index is 0.0263. The second-order valence-electron chi connectivity index (χ2n) is 4.94. The molecule has 106 valence electrons. The first kappa shape index (κ1) is 15.5. The van der Waals surface area contributed by atoms with E-state index >= 15 is 0 Å². The zero-order valence-electron chi connectivity index (χ0n) is 12.3. The van der Waals surface area contributed by atoms with E-state index in [0.717, 1.165) is 24.4 Å². The molecule has 0 spiro atoms. The van der Waals surface area contributed by atoms with Gasteiger partial charge in [0.2, 0.25) is 0 Å². The molecule has 0 fully saturated rings. The van der Waals surface area contributed by atoms with E-state index in [0.29, 0.717) is 0 Å². The van der Waals surface area contributed by atoms with Crippen LogP contribution >= 0.6 is 0 Å². The SMILES string of the molecule is C=Cc1c(C=C)n(CCCCCCCC)c(=O)n1C. The molecule has 1 heterocycles. The van der Waals surface area contributed by atoms with Crippen LogP contribution in [0.3, 0.4) is 0 Å². The van der Waals surface area contributed by atoms with Gasteiger partial charge in [0, 0.05) is 13.6 Å². The molecule has 0 N–H and O–H groups in total. The lowest BCUT2D eigenvalue weighted by Gasteiger charge is -2.04. The summed E-state index contributed by atoms with van der Waals surface area (Å²) >= 11 is 0. The molecule has 19 heavy (non-hydrogen) atoms. The quantitative estimate of drug-likeness (QED) is 0.621. The number of hydrogen-bond acceptors (Lipinski definition) is 1. The fraction of sp³-hybridized carbons (Fsp3) is 0.562. The van der Waals surface area contributed by atoms with Crippen molar-refractivity contribution < 1.29 is 0 Å². The smallest absolute Gasteiger partial charge is 0.295 e. The Morgan fingerprint density at radius 2 is 1.58 bits per heavy atom. The molecule has 0 aliphatic heterocycles. The van der Waals surface area contributed by atoms with Crippen LogP contribution in [-0.2, 0) is 13.6 Å². The van der Waals surface area contributed by atoms with Gasteiger partial charge in [-0.2, -0.15) is 0 Å². The van der Waals surface area contributed by atoms with E-state index in [9.17, 15) is 4.79 Å². The highest BCUT2D eigenvalue weighted by Gasteiger charge is 2.12. The number of imidazole rings is 1. The maximum absolute atomic E-state index is 12.1. The molecule has 3 heteroatoms. The summed E-state index contributed by atoms with van der Waals surface area (Å²) in [6.45, 7) is 10.6. The van der Waals surface area contributed by atoms with E-state index in [1.54, 1.807) is 23.8 Å². The Balaban J connectivity index is 2.66. The van der Waals surface area contributed by atoms with Gasteiger partial charge in [-0.25, -0.2) is 4.79 Å². The molecule has 3 nitrogen and oxygen atoms in total. The van der Waals surface area contributed by atoms with Crippen LogP contribution in [0, 0.1) is 0 Å². The minimum absolute atomic E-state index is 0.0263. The minimum Gasteiger partial charge on any atom is -0.295 e. The Morgan fingerprint density at radius 1 is 1.00 bits per heavy atom. The number of rotatable bonds is 9. The highest BCUT2D eigenvalue weighted by atomic mass is 16.1. The van der Waals surface area contributed by atoms with Crippen LogP contribution in [0.15, 0.2) is 18.0 Å². The number of unbranched alkanes of at least 4 members (excludes halogenated alkanes) is 5. The Bertz CT molecular complexity index is 480. The van der Waals surface area contributed by atoms with Crippen molar-refractivity contribution in [1.29, 1.82) is 0 Å². The normalized spacial score (nSPS) is 10.6. The largest absolute Gasteiger partial charge is 0.328 e. The Kier molecular flexibility index (Phi) is 6.40. The van der Waals surface area contributed by atoms with Gasteiger partial charge in [-0.3, -0.25) is 9.13 Å². The van der Waals surface area contributed by atoms with Gasteiger partial charge < -0.3 is 0 Å².